The molecule has 0 bridgehead atoms. The van der Waals surface area contributed by atoms with Crippen LogP contribution in [0.2, 0.25) is 0 Å². The molecule has 3 aromatic carbocycles. The predicted molar refractivity (Wildman–Crippen MR) is 120 cm³/mol. The summed E-state index contributed by atoms with van der Waals surface area (Å²) in [5.74, 6) is -1.48. The van der Waals surface area contributed by atoms with E-state index >= 15 is 0 Å². The van der Waals surface area contributed by atoms with Gasteiger partial charge in [-0.2, -0.15) is 0 Å². The van der Waals surface area contributed by atoms with Crippen LogP contribution < -0.4 is 5.32 Å². The van der Waals surface area contributed by atoms with Crippen molar-refractivity contribution in [3.8, 4) is 0 Å². The molecule has 6 heteroatoms. The number of hydrogen-bond acceptors (Lipinski definition) is 2. The van der Waals surface area contributed by atoms with Gasteiger partial charge in [0, 0.05) is 25.1 Å². The van der Waals surface area contributed by atoms with Crippen molar-refractivity contribution in [2.24, 2.45) is 0 Å². The summed E-state index contributed by atoms with van der Waals surface area (Å²) in [6.07, 6.45) is 0.260. The van der Waals surface area contributed by atoms with E-state index in [1.54, 1.807) is 25.1 Å². The summed E-state index contributed by atoms with van der Waals surface area (Å²) in [4.78, 5) is 27.8. The number of likely N-dealkylation sites (N-methyl/N-ethyl adjacent to an activating group) is 1. The second kappa shape index (κ2) is 11.2. The minimum atomic E-state index is -0.829. The van der Waals surface area contributed by atoms with E-state index in [-0.39, 0.29) is 31.2 Å². The molecule has 0 aromatic heterocycles. The summed E-state index contributed by atoms with van der Waals surface area (Å²) < 4.78 is 27.7. The summed E-state index contributed by atoms with van der Waals surface area (Å²) in [5.41, 5.74) is 1.82. The molecular weight excluding hydrogens is 410 g/mol. The van der Waals surface area contributed by atoms with Crippen molar-refractivity contribution in [1.29, 1.82) is 0 Å². The zero-order valence-electron chi connectivity index (χ0n) is 17.9. The van der Waals surface area contributed by atoms with E-state index in [1.165, 1.54) is 35.2 Å². The third kappa shape index (κ3) is 6.23. The monoisotopic (exact) mass is 436 g/mol. The fourth-order valence-corrected chi connectivity index (χ4v) is 3.53. The average Bonchev–Trinajstić information content (AvgIpc) is 2.79. The summed E-state index contributed by atoms with van der Waals surface area (Å²) in [5, 5.41) is 2.80. The summed E-state index contributed by atoms with van der Waals surface area (Å²) in [7, 11) is 0. The Labute approximate surface area is 186 Å². The van der Waals surface area contributed by atoms with Crippen molar-refractivity contribution >= 4 is 11.8 Å². The third-order valence-corrected chi connectivity index (χ3v) is 5.19. The Bertz CT molecular complexity index is 1040. The Balaban J connectivity index is 1.95. The number of nitrogens with zero attached hydrogens (tertiary/aromatic N) is 1. The molecule has 32 heavy (non-hydrogen) atoms. The Morgan fingerprint density at radius 1 is 0.875 bits per heavy atom. The molecule has 4 nitrogen and oxygen atoms in total. The van der Waals surface area contributed by atoms with Crippen molar-refractivity contribution in [1.82, 2.24) is 10.2 Å². The maximum Gasteiger partial charge on any atom is 0.243 e. The summed E-state index contributed by atoms with van der Waals surface area (Å²) in [6, 6.07) is 20.4. The first-order valence-electron chi connectivity index (χ1n) is 10.6. The van der Waals surface area contributed by atoms with Gasteiger partial charge in [-0.25, -0.2) is 8.78 Å². The highest BCUT2D eigenvalue weighted by atomic mass is 19.1. The average molecular weight is 437 g/mol. The van der Waals surface area contributed by atoms with Gasteiger partial charge in [0.15, 0.2) is 0 Å². The number of halogens is 2. The van der Waals surface area contributed by atoms with E-state index < -0.39 is 17.7 Å². The van der Waals surface area contributed by atoms with E-state index in [1.807, 2.05) is 30.3 Å². The van der Waals surface area contributed by atoms with Crippen LogP contribution in [0.3, 0.4) is 0 Å². The van der Waals surface area contributed by atoms with E-state index in [0.717, 1.165) is 5.56 Å². The molecule has 0 saturated heterocycles. The zero-order valence-corrected chi connectivity index (χ0v) is 17.9. The molecule has 0 fully saturated rings. The summed E-state index contributed by atoms with van der Waals surface area (Å²) >= 11 is 0. The van der Waals surface area contributed by atoms with Gasteiger partial charge < -0.3 is 10.2 Å². The first-order chi connectivity index (χ1) is 15.5. The van der Waals surface area contributed by atoms with Crippen molar-refractivity contribution in [2.75, 3.05) is 6.54 Å². The highest BCUT2D eigenvalue weighted by Crippen LogP contribution is 2.18. The van der Waals surface area contributed by atoms with Crippen LogP contribution >= 0.6 is 0 Å². The van der Waals surface area contributed by atoms with Crippen molar-refractivity contribution < 1.29 is 18.4 Å². The van der Waals surface area contributed by atoms with Crippen LogP contribution in [0.15, 0.2) is 78.9 Å². The standard InChI is InChI=1S/C26H26F2N2O2/c1-2-29-26(32)24(16-19-8-4-3-5-9-19)30(18-21-10-6-7-11-23(21)28)25(31)17-20-12-14-22(27)15-13-20/h3-15,24H,2,16-18H2,1H3,(H,29,32). The van der Waals surface area contributed by atoms with Gasteiger partial charge in [0.05, 0.1) is 6.42 Å². The minimum absolute atomic E-state index is 0.0283. The number of benzene rings is 3. The number of nitrogens with one attached hydrogen (secondary N) is 1. The van der Waals surface area contributed by atoms with Crippen LogP contribution in [0.4, 0.5) is 8.78 Å². The van der Waals surface area contributed by atoms with E-state index in [0.29, 0.717) is 17.7 Å². The maximum atomic E-state index is 14.4. The fourth-order valence-electron chi connectivity index (χ4n) is 3.53. The largest absolute Gasteiger partial charge is 0.355 e. The smallest absolute Gasteiger partial charge is 0.243 e. The number of hydrogen-bond donors (Lipinski definition) is 1. The number of carbonyl (C=O) groups is 2. The van der Waals surface area contributed by atoms with Crippen LogP contribution in [0, 0.1) is 11.6 Å². The molecule has 0 saturated carbocycles. The minimum Gasteiger partial charge on any atom is -0.355 e. The fraction of sp³-hybridized carbons (Fsp3) is 0.231. The second-order valence-corrected chi connectivity index (χ2v) is 7.52. The quantitative estimate of drug-likeness (QED) is 0.544. The molecule has 3 rings (SSSR count). The van der Waals surface area contributed by atoms with Gasteiger partial charge in [-0.05, 0) is 36.2 Å². The lowest BCUT2D eigenvalue weighted by atomic mass is 10.0. The summed E-state index contributed by atoms with van der Waals surface area (Å²) in [6.45, 7) is 2.16. The molecular formula is C26H26F2N2O2. The predicted octanol–water partition coefficient (Wildman–Crippen LogP) is 4.28. The van der Waals surface area contributed by atoms with Gasteiger partial charge in [0.1, 0.15) is 17.7 Å². The van der Waals surface area contributed by atoms with E-state index in [2.05, 4.69) is 5.32 Å². The Morgan fingerprint density at radius 3 is 2.19 bits per heavy atom. The van der Waals surface area contributed by atoms with Crippen molar-refractivity contribution in [2.45, 2.75) is 32.4 Å². The SMILES string of the molecule is CCNC(=O)C(Cc1ccccc1)N(Cc1ccccc1F)C(=O)Cc1ccc(F)cc1. The lowest BCUT2D eigenvalue weighted by molar-refractivity contribution is -0.140. The molecule has 0 aliphatic rings. The molecule has 0 aliphatic carbocycles. The Kier molecular flexibility index (Phi) is 8.08. The topological polar surface area (TPSA) is 49.4 Å². The lowest BCUT2D eigenvalue weighted by Crippen LogP contribution is -2.51. The molecule has 0 aliphatic heterocycles. The van der Waals surface area contributed by atoms with Crippen LogP contribution in [0.1, 0.15) is 23.6 Å². The van der Waals surface area contributed by atoms with Crippen LogP contribution in [-0.4, -0.2) is 29.3 Å². The van der Waals surface area contributed by atoms with Crippen molar-refractivity contribution in [3.63, 3.8) is 0 Å². The molecule has 2 amide bonds. The molecule has 3 aromatic rings. The molecule has 0 heterocycles. The Hall–Kier alpha value is -3.54. The van der Waals surface area contributed by atoms with Gasteiger partial charge >= 0.3 is 0 Å². The highest BCUT2D eigenvalue weighted by molar-refractivity contribution is 5.88. The van der Waals surface area contributed by atoms with Crippen molar-refractivity contribution in [3.05, 3.63) is 107 Å². The second-order valence-electron chi connectivity index (χ2n) is 7.52. The lowest BCUT2D eigenvalue weighted by Gasteiger charge is -2.31. The molecule has 166 valence electrons. The molecule has 1 atom stereocenters. The molecule has 1 N–H and O–H groups in total. The molecule has 0 spiro atoms. The van der Waals surface area contributed by atoms with E-state index in [9.17, 15) is 18.4 Å². The first kappa shape index (κ1) is 23.1. The van der Waals surface area contributed by atoms with E-state index in [4.69, 9.17) is 0 Å². The normalized spacial score (nSPS) is 11.6. The first-order valence-corrected chi connectivity index (χ1v) is 10.6. The third-order valence-electron chi connectivity index (χ3n) is 5.19. The number of rotatable bonds is 9. The number of amides is 2. The van der Waals surface area contributed by atoms with Gasteiger partial charge in [-0.3, -0.25) is 9.59 Å². The van der Waals surface area contributed by atoms with Gasteiger partial charge in [-0.1, -0.05) is 60.7 Å². The van der Waals surface area contributed by atoms with Crippen LogP contribution in [0.25, 0.3) is 0 Å². The number of carbonyl (C=O) groups excluding carboxylic acids is 2. The van der Waals surface area contributed by atoms with Gasteiger partial charge in [0.2, 0.25) is 11.8 Å². The molecule has 1 unspecified atom stereocenters. The highest BCUT2D eigenvalue weighted by Gasteiger charge is 2.30. The maximum absolute atomic E-state index is 14.4. The van der Waals surface area contributed by atoms with Gasteiger partial charge in [0.25, 0.3) is 0 Å². The van der Waals surface area contributed by atoms with Crippen LogP contribution in [0.5, 0.6) is 0 Å². The zero-order chi connectivity index (χ0) is 22.9. The molecule has 0 radical (unpaired) electrons. The van der Waals surface area contributed by atoms with Gasteiger partial charge in [-0.15, -0.1) is 0 Å². The Morgan fingerprint density at radius 2 is 1.53 bits per heavy atom. The van der Waals surface area contributed by atoms with Crippen LogP contribution in [-0.2, 0) is 29.0 Å².